The Morgan fingerprint density at radius 2 is 2.36 bits per heavy atom. The molecule has 0 N–H and O–H groups in total. The van der Waals surface area contributed by atoms with Crippen LogP contribution < -0.4 is 0 Å². The van der Waals surface area contributed by atoms with Gasteiger partial charge < -0.3 is 0 Å². The fourth-order valence-corrected chi connectivity index (χ4v) is 1.08. The summed E-state index contributed by atoms with van der Waals surface area (Å²) in [5.74, 6) is -0.0167. The Morgan fingerprint density at radius 3 is 2.73 bits per heavy atom. The van der Waals surface area contributed by atoms with Crippen molar-refractivity contribution in [3.63, 3.8) is 0 Å². The fraction of sp³-hybridized carbons (Fsp3) is 0.429. The summed E-state index contributed by atoms with van der Waals surface area (Å²) in [6, 6.07) is 0. The van der Waals surface area contributed by atoms with E-state index in [2.05, 4.69) is 6.58 Å². The third kappa shape index (κ3) is 1.39. The third-order valence-corrected chi connectivity index (χ3v) is 1.62. The predicted octanol–water partition coefficient (Wildman–Crippen LogP) is 0.126. The van der Waals surface area contributed by atoms with E-state index in [-0.39, 0.29) is 5.91 Å². The first-order chi connectivity index (χ1) is 5.29. The van der Waals surface area contributed by atoms with E-state index < -0.39 is 0 Å². The molecule has 0 aromatic heterocycles. The smallest absolute Gasteiger partial charge is 0.241 e. The van der Waals surface area contributed by atoms with Gasteiger partial charge in [-0.15, -0.1) is 0 Å². The third-order valence-electron chi connectivity index (χ3n) is 1.62. The lowest BCUT2D eigenvalue weighted by molar-refractivity contribution is -0.146. The molecule has 0 aromatic rings. The maximum absolute atomic E-state index is 11.0. The van der Waals surface area contributed by atoms with Crippen LogP contribution in [0.25, 0.3) is 0 Å². The zero-order chi connectivity index (χ0) is 8.27. The second-order valence-electron chi connectivity index (χ2n) is 2.29. The zero-order valence-corrected chi connectivity index (χ0v) is 6.19. The van der Waals surface area contributed by atoms with Crippen molar-refractivity contribution >= 4 is 12.3 Å². The van der Waals surface area contributed by atoms with Gasteiger partial charge in [0.2, 0.25) is 12.3 Å². The molecule has 1 aliphatic rings. The summed E-state index contributed by atoms with van der Waals surface area (Å²) in [5, 5.41) is 2.56. The molecule has 0 aliphatic carbocycles. The van der Waals surface area contributed by atoms with Crippen LogP contribution in [0.15, 0.2) is 12.8 Å². The van der Waals surface area contributed by atoms with E-state index in [0.717, 1.165) is 6.42 Å². The Labute approximate surface area is 65.0 Å². The lowest BCUT2D eigenvalue weighted by atomic mass is 10.4. The molecule has 0 radical (unpaired) electrons. The van der Waals surface area contributed by atoms with Crippen LogP contribution in [-0.4, -0.2) is 28.9 Å². The minimum absolute atomic E-state index is 0.0167. The molecule has 0 saturated carbocycles. The van der Waals surface area contributed by atoms with Crippen LogP contribution in [0.5, 0.6) is 0 Å². The highest BCUT2D eigenvalue weighted by molar-refractivity contribution is 5.79. The van der Waals surface area contributed by atoms with Crippen molar-refractivity contribution in [3.8, 4) is 0 Å². The number of rotatable bonds is 3. The second kappa shape index (κ2) is 3.18. The molecule has 1 aliphatic heterocycles. The number of hydrogen-bond acceptors (Lipinski definition) is 2. The number of hydrazine groups is 1. The first-order valence-corrected chi connectivity index (χ1v) is 3.46. The van der Waals surface area contributed by atoms with E-state index in [0.29, 0.717) is 19.4 Å². The van der Waals surface area contributed by atoms with Crippen molar-refractivity contribution < 1.29 is 9.59 Å². The number of hydrogen-bond donors (Lipinski definition) is 0. The first-order valence-electron chi connectivity index (χ1n) is 3.46. The molecule has 2 amide bonds. The number of carbonyl (C=O) groups is 2. The lowest BCUT2D eigenvalue weighted by Crippen LogP contribution is -2.38. The molecule has 1 saturated heterocycles. The van der Waals surface area contributed by atoms with E-state index in [1.54, 1.807) is 0 Å². The van der Waals surface area contributed by atoms with Gasteiger partial charge in [-0.05, 0) is 6.42 Å². The molecule has 60 valence electrons. The average Bonchev–Trinajstić information content (AvgIpc) is 2.40. The second-order valence-corrected chi connectivity index (χ2v) is 2.29. The molecule has 0 aromatic carbocycles. The minimum Gasteiger partial charge on any atom is -0.276 e. The van der Waals surface area contributed by atoms with E-state index in [1.807, 2.05) is 0 Å². The average molecular weight is 154 g/mol. The summed E-state index contributed by atoms with van der Waals surface area (Å²) in [7, 11) is 0. The van der Waals surface area contributed by atoms with Crippen LogP contribution in [-0.2, 0) is 9.59 Å². The van der Waals surface area contributed by atoms with Gasteiger partial charge in [0.15, 0.2) is 0 Å². The van der Waals surface area contributed by atoms with E-state index >= 15 is 0 Å². The quantitative estimate of drug-likeness (QED) is 0.542. The molecule has 11 heavy (non-hydrogen) atoms. The number of amides is 2. The Kier molecular flexibility index (Phi) is 2.25. The molecule has 4 nitrogen and oxygen atoms in total. The Balaban J connectivity index is 2.63. The summed E-state index contributed by atoms with van der Waals surface area (Å²) in [4.78, 5) is 21.3. The van der Waals surface area contributed by atoms with Crippen LogP contribution in [0.3, 0.4) is 0 Å². The summed E-state index contributed by atoms with van der Waals surface area (Å²) < 4.78 is 0. The first kappa shape index (κ1) is 7.78. The SMILES string of the molecule is C=CN(C=O)N1CCCC1=O. The van der Waals surface area contributed by atoms with Crippen molar-refractivity contribution in [3.05, 3.63) is 12.8 Å². The highest BCUT2D eigenvalue weighted by Crippen LogP contribution is 2.11. The van der Waals surface area contributed by atoms with E-state index in [9.17, 15) is 9.59 Å². The normalized spacial score (nSPS) is 16.7. The van der Waals surface area contributed by atoms with Crippen molar-refractivity contribution in [2.45, 2.75) is 12.8 Å². The molecule has 0 spiro atoms. The van der Waals surface area contributed by atoms with Crippen molar-refractivity contribution in [2.75, 3.05) is 6.54 Å². The van der Waals surface area contributed by atoms with Crippen LogP contribution >= 0.6 is 0 Å². The van der Waals surface area contributed by atoms with Gasteiger partial charge in [-0.1, -0.05) is 6.58 Å². The molecular weight excluding hydrogens is 144 g/mol. The zero-order valence-electron chi connectivity index (χ0n) is 6.19. The highest BCUT2D eigenvalue weighted by atomic mass is 16.2. The maximum atomic E-state index is 11.0. The minimum atomic E-state index is -0.0167. The van der Waals surface area contributed by atoms with Gasteiger partial charge in [-0.25, -0.2) is 10.0 Å². The Morgan fingerprint density at radius 1 is 1.64 bits per heavy atom. The molecular formula is C7H10N2O2. The van der Waals surface area contributed by atoms with Gasteiger partial charge in [-0.3, -0.25) is 9.59 Å². The van der Waals surface area contributed by atoms with Gasteiger partial charge in [0.05, 0.1) is 0 Å². The lowest BCUT2D eigenvalue weighted by Gasteiger charge is -2.23. The summed E-state index contributed by atoms with van der Waals surface area (Å²) in [6.07, 6.45) is 3.25. The standard InChI is InChI=1S/C7H10N2O2/c1-2-8(6-10)9-5-3-4-7(9)11/h2,6H,1,3-5H2. The molecule has 1 heterocycles. The topological polar surface area (TPSA) is 40.6 Å². The van der Waals surface area contributed by atoms with Crippen LogP contribution in [0, 0.1) is 0 Å². The molecule has 1 fully saturated rings. The van der Waals surface area contributed by atoms with Gasteiger partial charge in [0.1, 0.15) is 0 Å². The van der Waals surface area contributed by atoms with E-state index in [1.165, 1.54) is 16.2 Å². The summed E-state index contributed by atoms with van der Waals surface area (Å²) in [6.45, 7) is 4.03. The van der Waals surface area contributed by atoms with Crippen LogP contribution in [0.4, 0.5) is 0 Å². The monoisotopic (exact) mass is 154 g/mol. The van der Waals surface area contributed by atoms with Crippen molar-refractivity contribution in [1.29, 1.82) is 0 Å². The number of carbonyl (C=O) groups excluding carboxylic acids is 2. The molecule has 0 unspecified atom stereocenters. The van der Waals surface area contributed by atoms with Crippen LogP contribution in [0.1, 0.15) is 12.8 Å². The van der Waals surface area contributed by atoms with Crippen molar-refractivity contribution in [1.82, 2.24) is 10.0 Å². The molecule has 4 heteroatoms. The van der Waals surface area contributed by atoms with E-state index in [4.69, 9.17) is 0 Å². The van der Waals surface area contributed by atoms with Crippen LogP contribution in [0.2, 0.25) is 0 Å². The van der Waals surface area contributed by atoms with Gasteiger partial charge >= 0.3 is 0 Å². The highest BCUT2D eigenvalue weighted by Gasteiger charge is 2.23. The molecule has 1 rings (SSSR count). The fourth-order valence-electron chi connectivity index (χ4n) is 1.08. The summed E-state index contributed by atoms with van der Waals surface area (Å²) >= 11 is 0. The Bertz CT molecular complexity index is 183. The van der Waals surface area contributed by atoms with Gasteiger partial charge in [-0.2, -0.15) is 0 Å². The largest absolute Gasteiger partial charge is 0.276 e. The maximum Gasteiger partial charge on any atom is 0.241 e. The number of nitrogens with zero attached hydrogens (tertiary/aromatic N) is 2. The van der Waals surface area contributed by atoms with Gasteiger partial charge in [0, 0.05) is 19.2 Å². The Hall–Kier alpha value is -1.32. The molecule has 0 bridgehead atoms. The van der Waals surface area contributed by atoms with Gasteiger partial charge in [0.25, 0.3) is 0 Å². The molecule has 0 atom stereocenters. The predicted molar refractivity (Wildman–Crippen MR) is 39.0 cm³/mol. The van der Waals surface area contributed by atoms with Crippen molar-refractivity contribution in [2.24, 2.45) is 0 Å². The summed E-state index contributed by atoms with van der Waals surface area (Å²) in [5.41, 5.74) is 0.